The van der Waals surface area contributed by atoms with Gasteiger partial charge in [0.05, 0.1) is 0 Å². The zero-order valence-corrected chi connectivity index (χ0v) is 8.05. The first kappa shape index (κ1) is 12.2. The summed E-state index contributed by atoms with van der Waals surface area (Å²) in [7, 11) is 0. The number of carboxylic acids is 1. The standard InChI is InChI=1S/C3H6O2.C3H5.Na/c1-2-3(4)5;1-2-3-1;/h2H2,1H3,(H,4,5);1H,2-3H2;/q;-1;+1. The molecule has 0 aliphatic heterocycles. The van der Waals surface area contributed by atoms with E-state index in [1.54, 1.807) is 6.92 Å². The van der Waals surface area contributed by atoms with Gasteiger partial charge in [-0.3, -0.25) is 4.79 Å². The Morgan fingerprint density at radius 3 is 1.89 bits per heavy atom. The topological polar surface area (TPSA) is 37.3 Å². The molecule has 0 bridgehead atoms. The Hall–Kier alpha value is 0.470. The molecule has 1 saturated carbocycles. The Bertz CT molecular complexity index is 68.7. The summed E-state index contributed by atoms with van der Waals surface area (Å²) in [5.74, 6) is -0.745. The van der Waals surface area contributed by atoms with E-state index in [9.17, 15) is 4.79 Å². The Balaban J connectivity index is 0. The number of rotatable bonds is 1. The van der Waals surface area contributed by atoms with E-state index in [1.165, 1.54) is 12.8 Å². The van der Waals surface area contributed by atoms with Crippen molar-refractivity contribution in [2.75, 3.05) is 0 Å². The van der Waals surface area contributed by atoms with Crippen LogP contribution >= 0.6 is 0 Å². The van der Waals surface area contributed by atoms with Crippen LogP contribution in [0.4, 0.5) is 0 Å². The molecule has 0 unspecified atom stereocenters. The molecule has 1 aliphatic carbocycles. The van der Waals surface area contributed by atoms with E-state index in [2.05, 4.69) is 6.42 Å². The van der Waals surface area contributed by atoms with Gasteiger partial charge in [0.1, 0.15) is 0 Å². The van der Waals surface area contributed by atoms with E-state index in [4.69, 9.17) is 5.11 Å². The van der Waals surface area contributed by atoms with Crippen LogP contribution in [-0.4, -0.2) is 11.1 Å². The van der Waals surface area contributed by atoms with Gasteiger partial charge in [-0.15, -0.1) is 0 Å². The van der Waals surface area contributed by atoms with Crippen molar-refractivity contribution in [3.63, 3.8) is 0 Å². The van der Waals surface area contributed by atoms with E-state index in [0.717, 1.165) is 0 Å². The summed E-state index contributed by atoms with van der Waals surface area (Å²) in [6, 6.07) is 0. The number of aliphatic carboxylic acids is 1. The minimum atomic E-state index is -0.745. The average Bonchev–Trinajstić information content (AvgIpc) is 2.48. The van der Waals surface area contributed by atoms with E-state index in [-0.39, 0.29) is 36.0 Å². The fourth-order valence-electron chi connectivity index (χ4n) is 0. The quantitative estimate of drug-likeness (QED) is 0.352. The van der Waals surface area contributed by atoms with E-state index < -0.39 is 5.97 Å². The molecular formula is C6H11NaO2. The van der Waals surface area contributed by atoms with Gasteiger partial charge in [0, 0.05) is 6.42 Å². The molecule has 0 aromatic rings. The van der Waals surface area contributed by atoms with Gasteiger partial charge in [-0.1, -0.05) is 6.92 Å². The summed E-state index contributed by atoms with van der Waals surface area (Å²) in [5, 5.41) is 7.72. The zero-order chi connectivity index (χ0) is 6.41. The summed E-state index contributed by atoms with van der Waals surface area (Å²) in [5.41, 5.74) is 0. The van der Waals surface area contributed by atoms with Crippen molar-refractivity contribution in [3.8, 4) is 0 Å². The third kappa shape index (κ3) is 29.4. The molecule has 0 spiro atoms. The zero-order valence-electron chi connectivity index (χ0n) is 6.05. The number of carbonyl (C=O) groups is 1. The summed E-state index contributed by atoms with van der Waals surface area (Å²) in [4.78, 5) is 9.37. The van der Waals surface area contributed by atoms with Crippen molar-refractivity contribution < 1.29 is 39.5 Å². The minimum Gasteiger partial charge on any atom is -0.481 e. The molecule has 48 valence electrons. The summed E-state index contributed by atoms with van der Waals surface area (Å²) in [6.07, 6.45) is 5.22. The second kappa shape index (κ2) is 8.47. The van der Waals surface area contributed by atoms with Crippen LogP contribution in [0, 0.1) is 6.42 Å². The minimum absolute atomic E-state index is 0. The molecule has 9 heavy (non-hydrogen) atoms. The predicted octanol–water partition coefficient (Wildman–Crippen LogP) is -1.53. The monoisotopic (exact) mass is 138 g/mol. The molecule has 0 atom stereocenters. The summed E-state index contributed by atoms with van der Waals surface area (Å²) >= 11 is 0. The maximum atomic E-state index is 9.37. The molecule has 0 aromatic carbocycles. The van der Waals surface area contributed by atoms with Gasteiger partial charge in [0.2, 0.25) is 0 Å². The van der Waals surface area contributed by atoms with Crippen molar-refractivity contribution in [1.82, 2.24) is 0 Å². The molecule has 2 nitrogen and oxygen atoms in total. The fourth-order valence-corrected chi connectivity index (χ4v) is 0. The van der Waals surface area contributed by atoms with Crippen molar-refractivity contribution in [2.24, 2.45) is 0 Å². The third-order valence-electron chi connectivity index (χ3n) is 0.591. The van der Waals surface area contributed by atoms with Crippen molar-refractivity contribution in [3.05, 3.63) is 6.42 Å². The molecule has 0 aromatic heterocycles. The molecule has 0 radical (unpaired) electrons. The predicted molar refractivity (Wildman–Crippen MR) is 31.5 cm³/mol. The van der Waals surface area contributed by atoms with Crippen molar-refractivity contribution in [1.29, 1.82) is 0 Å². The van der Waals surface area contributed by atoms with E-state index >= 15 is 0 Å². The maximum Gasteiger partial charge on any atom is 1.00 e. The van der Waals surface area contributed by atoms with Crippen molar-refractivity contribution >= 4 is 5.97 Å². The number of hydrogen-bond donors (Lipinski definition) is 1. The van der Waals surface area contributed by atoms with Crippen LogP contribution in [0.15, 0.2) is 0 Å². The smallest absolute Gasteiger partial charge is 0.481 e. The molecule has 1 aliphatic rings. The molecule has 1 fully saturated rings. The Kier molecular flexibility index (Phi) is 11.5. The van der Waals surface area contributed by atoms with Gasteiger partial charge in [-0.05, 0) is 0 Å². The Labute approximate surface area is 77.9 Å². The van der Waals surface area contributed by atoms with Crippen LogP contribution in [-0.2, 0) is 4.79 Å². The molecule has 1 N–H and O–H groups in total. The molecule has 3 heteroatoms. The first-order chi connectivity index (χ1) is 3.77. The van der Waals surface area contributed by atoms with Gasteiger partial charge in [0.15, 0.2) is 0 Å². The van der Waals surface area contributed by atoms with Gasteiger partial charge in [-0.25, -0.2) is 12.8 Å². The molecule has 1 rings (SSSR count). The maximum absolute atomic E-state index is 9.37. The normalized spacial score (nSPS) is 12.1. The van der Waals surface area contributed by atoms with Gasteiger partial charge in [-0.2, -0.15) is 0 Å². The molecule has 0 heterocycles. The van der Waals surface area contributed by atoms with E-state index in [1.807, 2.05) is 0 Å². The largest absolute Gasteiger partial charge is 1.00 e. The summed E-state index contributed by atoms with van der Waals surface area (Å²) in [6.45, 7) is 1.60. The first-order valence-electron chi connectivity index (χ1n) is 2.80. The second-order valence-electron chi connectivity index (χ2n) is 1.61. The van der Waals surface area contributed by atoms with Gasteiger partial charge < -0.3 is 11.5 Å². The van der Waals surface area contributed by atoms with Crippen molar-refractivity contribution in [2.45, 2.75) is 26.2 Å². The summed E-state index contributed by atoms with van der Waals surface area (Å²) < 4.78 is 0. The number of carboxylic acid groups (broad SMARTS) is 1. The molecular weight excluding hydrogens is 127 g/mol. The average molecular weight is 138 g/mol. The van der Waals surface area contributed by atoms with E-state index in [0.29, 0.717) is 0 Å². The van der Waals surface area contributed by atoms with Crippen LogP contribution in [0.2, 0.25) is 0 Å². The van der Waals surface area contributed by atoms with Crippen LogP contribution in [0.1, 0.15) is 26.2 Å². The Morgan fingerprint density at radius 2 is 1.89 bits per heavy atom. The first-order valence-corrected chi connectivity index (χ1v) is 2.80. The fraction of sp³-hybridized carbons (Fsp3) is 0.667. The SMILES string of the molecule is CCC(=O)O.[CH-]1CC1.[Na+]. The van der Waals surface area contributed by atoms with Gasteiger partial charge in [0.25, 0.3) is 0 Å². The Morgan fingerprint density at radius 1 is 1.67 bits per heavy atom. The third-order valence-corrected chi connectivity index (χ3v) is 0.591. The molecule has 0 saturated heterocycles. The number of hydrogen-bond acceptors (Lipinski definition) is 1. The molecule has 0 amide bonds. The van der Waals surface area contributed by atoms with Gasteiger partial charge >= 0.3 is 35.5 Å². The van der Waals surface area contributed by atoms with Crippen LogP contribution in [0.25, 0.3) is 0 Å². The van der Waals surface area contributed by atoms with Crippen LogP contribution in [0.5, 0.6) is 0 Å². The van der Waals surface area contributed by atoms with Crippen LogP contribution in [0.3, 0.4) is 0 Å². The van der Waals surface area contributed by atoms with Crippen LogP contribution < -0.4 is 29.6 Å². The second-order valence-corrected chi connectivity index (χ2v) is 1.61.